The number of carbonyl (C=O) groups is 1. The van der Waals surface area contributed by atoms with Crippen molar-refractivity contribution in [3.8, 4) is 0 Å². The fourth-order valence-corrected chi connectivity index (χ4v) is 2.70. The van der Waals surface area contributed by atoms with Crippen molar-refractivity contribution >= 4 is 40.6 Å². The Balaban J connectivity index is 2.10. The third-order valence-electron chi connectivity index (χ3n) is 3.58. The Morgan fingerprint density at radius 1 is 1.30 bits per heavy atom. The van der Waals surface area contributed by atoms with Crippen LogP contribution in [0.1, 0.15) is 27.3 Å². The summed E-state index contributed by atoms with van der Waals surface area (Å²) in [5, 5.41) is 14.8. The summed E-state index contributed by atoms with van der Waals surface area (Å²) in [6, 6.07) is 8.73. The van der Waals surface area contributed by atoms with E-state index >= 15 is 0 Å². The highest BCUT2D eigenvalue weighted by molar-refractivity contribution is 6.31. The van der Waals surface area contributed by atoms with E-state index in [0.717, 1.165) is 11.3 Å². The minimum absolute atomic E-state index is 0.226. The van der Waals surface area contributed by atoms with Gasteiger partial charge in [0.15, 0.2) is 0 Å². The normalized spacial score (nSPS) is 11.4. The Hall–Kier alpha value is -2.66. The van der Waals surface area contributed by atoms with Gasteiger partial charge in [-0.15, -0.1) is 0 Å². The van der Waals surface area contributed by atoms with Crippen LogP contribution in [0.4, 0.5) is 0 Å². The highest BCUT2D eigenvalue weighted by Gasteiger charge is 2.11. The molecule has 3 rings (SSSR count). The first-order valence-corrected chi connectivity index (χ1v) is 7.35. The van der Waals surface area contributed by atoms with Crippen LogP contribution in [0.5, 0.6) is 0 Å². The van der Waals surface area contributed by atoms with Crippen LogP contribution in [0.2, 0.25) is 5.15 Å². The molecule has 2 aromatic heterocycles. The van der Waals surface area contributed by atoms with Crippen molar-refractivity contribution < 1.29 is 9.90 Å². The van der Waals surface area contributed by atoms with E-state index in [1.165, 1.54) is 0 Å². The van der Waals surface area contributed by atoms with E-state index in [0.29, 0.717) is 21.7 Å². The van der Waals surface area contributed by atoms with Gasteiger partial charge in [-0.25, -0.2) is 9.78 Å². The van der Waals surface area contributed by atoms with E-state index in [4.69, 9.17) is 11.6 Å². The van der Waals surface area contributed by atoms with E-state index in [1.54, 1.807) is 48.1 Å². The number of nitrogens with zero attached hydrogens (tertiary/aromatic N) is 3. The standard InChI is InChI=1S/C17H14ClN3O2/c1-10-12(16(18)21(2)20-10)8-7-11-9-14(17(22)23)13-5-3-4-6-15(13)19-11/h3-9H,1-2H3,(H,22,23)/b8-7-. The number of rotatable bonds is 3. The van der Waals surface area contributed by atoms with E-state index in [9.17, 15) is 9.90 Å². The van der Waals surface area contributed by atoms with Crippen molar-refractivity contribution in [1.82, 2.24) is 14.8 Å². The quantitative estimate of drug-likeness (QED) is 0.794. The molecular weight excluding hydrogens is 314 g/mol. The summed E-state index contributed by atoms with van der Waals surface area (Å²) in [5.41, 5.74) is 3.01. The third-order valence-corrected chi connectivity index (χ3v) is 4.03. The number of aromatic nitrogens is 3. The Morgan fingerprint density at radius 3 is 2.70 bits per heavy atom. The largest absolute Gasteiger partial charge is 0.478 e. The molecular formula is C17H14ClN3O2. The highest BCUT2D eigenvalue weighted by atomic mass is 35.5. The number of aryl methyl sites for hydroxylation is 2. The van der Waals surface area contributed by atoms with Crippen LogP contribution in [-0.2, 0) is 7.05 Å². The average molecular weight is 328 g/mol. The Bertz CT molecular complexity index is 944. The van der Waals surface area contributed by atoms with E-state index in [1.807, 2.05) is 13.0 Å². The summed E-state index contributed by atoms with van der Waals surface area (Å²) >= 11 is 6.19. The third kappa shape index (κ3) is 2.83. The van der Waals surface area contributed by atoms with Crippen molar-refractivity contribution in [1.29, 1.82) is 0 Å². The smallest absolute Gasteiger partial charge is 0.336 e. The molecule has 0 unspecified atom stereocenters. The van der Waals surface area contributed by atoms with Gasteiger partial charge in [-0.2, -0.15) is 5.10 Å². The monoisotopic (exact) mass is 327 g/mol. The van der Waals surface area contributed by atoms with Gasteiger partial charge in [-0.3, -0.25) is 4.68 Å². The summed E-state index contributed by atoms with van der Waals surface area (Å²) in [4.78, 5) is 15.9. The molecule has 0 aliphatic carbocycles. The molecule has 0 saturated heterocycles. The summed E-state index contributed by atoms with van der Waals surface area (Å²) < 4.78 is 1.59. The van der Waals surface area contributed by atoms with Crippen molar-refractivity contribution in [2.45, 2.75) is 6.92 Å². The number of fused-ring (bicyclic) bond motifs is 1. The van der Waals surface area contributed by atoms with Crippen LogP contribution in [0, 0.1) is 6.92 Å². The van der Waals surface area contributed by atoms with E-state index in [-0.39, 0.29) is 5.56 Å². The van der Waals surface area contributed by atoms with Crippen LogP contribution in [0.15, 0.2) is 30.3 Å². The molecule has 23 heavy (non-hydrogen) atoms. The molecule has 0 aliphatic rings. The number of aromatic carboxylic acids is 1. The van der Waals surface area contributed by atoms with Crippen molar-refractivity contribution in [2.24, 2.45) is 7.05 Å². The molecule has 2 heterocycles. The second kappa shape index (κ2) is 5.85. The molecule has 0 fully saturated rings. The number of halogens is 1. The lowest BCUT2D eigenvalue weighted by molar-refractivity contribution is 0.0699. The molecule has 6 heteroatoms. The van der Waals surface area contributed by atoms with Gasteiger partial charge < -0.3 is 5.11 Å². The maximum atomic E-state index is 11.5. The molecule has 0 aliphatic heterocycles. The molecule has 3 aromatic rings. The second-order valence-electron chi connectivity index (χ2n) is 5.16. The number of hydrogen-bond donors (Lipinski definition) is 1. The van der Waals surface area contributed by atoms with Crippen molar-refractivity contribution in [3.05, 3.63) is 58.0 Å². The lowest BCUT2D eigenvalue weighted by Gasteiger charge is -2.04. The summed E-state index contributed by atoms with van der Waals surface area (Å²) in [6.07, 6.45) is 3.54. The maximum Gasteiger partial charge on any atom is 0.336 e. The zero-order valence-electron chi connectivity index (χ0n) is 12.6. The minimum Gasteiger partial charge on any atom is -0.478 e. The van der Waals surface area contributed by atoms with Gasteiger partial charge in [0, 0.05) is 18.0 Å². The van der Waals surface area contributed by atoms with Gasteiger partial charge >= 0.3 is 5.97 Å². The number of pyridine rings is 1. The molecule has 116 valence electrons. The minimum atomic E-state index is -0.978. The van der Waals surface area contributed by atoms with Crippen molar-refractivity contribution in [3.63, 3.8) is 0 Å². The summed E-state index contributed by atoms with van der Waals surface area (Å²) in [7, 11) is 1.77. The van der Waals surface area contributed by atoms with E-state index < -0.39 is 5.97 Å². The SMILES string of the molecule is Cc1nn(C)c(Cl)c1/C=C\c1cc(C(=O)O)c2ccccc2n1. The molecule has 0 radical (unpaired) electrons. The molecule has 1 aromatic carbocycles. The van der Waals surface area contributed by atoms with Gasteiger partial charge in [-0.05, 0) is 31.2 Å². The predicted molar refractivity (Wildman–Crippen MR) is 90.6 cm³/mol. The van der Waals surface area contributed by atoms with Crippen LogP contribution in [0.3, 0.4) is 0 Å². The molecule has 0 saturated carbocycles. The number of benzene rings is 1. The molecule has 0 bridgehead atoms. The maximum absolute atomic E-state index is 11.5. The number of carboxylic acids is 1. The first-order chi connectivity index (χ1) is 11.0. The molecule has 1 N–H and O–H groups in total. The lowest BCUT2D eigenvalue weighted by atomic mass is 10.1. The van der Waals surface area contributed by atoms with Gasteiger partial charge in [0.1, 0.15) is 5.15 Å². The fraction of sp³-hybridized carbons (Fsp3) is 0.118. The molecule has 0 spiro atoms. The predicted octanol–water partition coefficient (Wildman–Crippen LogP) is 3.80. The summed E-state index contributed by atoms with van der Waals surface area (Å²) in [6.45, 7) is 1.86. The Kier molecular flexibility index (Phi) is 3.88. The van der Waals surface area contributed by atoms with E-state index in [2.05, 4.69) is 10.1 Å². The van der Waals surface area contributed by atoms with Gasteiger partial charge in [0.25, 0.3) is 0 Å². The molecule has 0 atom stereocenters. The first-order valence-electron chi connectivity index (χ1n) is 6.97. The van der Waals surface area contributed by atoms with Crippen LogP contribution in [0.25, 0.3) is 23.1 Å². The van der Waals surface area contributed by atoms with Gasteiger partial charge in [0.05, 0.1) is 22.5 Å². The van der Waals surface area contributed by atoms with Crippen LogP contribution in [-0.4, -0.2) is 25.8 Å². The highest BCUT2D eigenvalue weighted by Crippen LogP contribution is 2.23. The first kappa shape index (κ1) is 15.2. The average Bonchev–Trinajstić information content (AvgIpc) is 2.77. The zero-order valence-corrected chi connectivity index (χ0v) is 13.4. The Labute approximate surface area is 137 Å². The van der Waals surface area contributed by atoms with Gasteiger partial charge in [-0.1, -0.05) is 29.8 Å². The second-order valence-corrected chi connectivity index (χ2v) is 5.52. The van der Waals surface area contributed by atoms with Gasteiger partial charge in [0.2, 0.25) is 0 Å². The van der Waals surface area contributed by atoms with Crippen LogP contribution < -0.4 is 0 Å². The van der Waals surface area contributed by atoms with Crippen molar-refractivity contribution in [2.75, 3.05) is 0 Å². The molecule has 5 nitrogen and oxygen atoms in total. The number of hydrogen-bond acceptors (Lipinski definition) is 3. The fourth-order valence-electron chi connectivity index (χ4n) is 2.46. The molecule has 0 amide bonds. The number of para-hydroxylation sites is 1. The topological polar surface area (TPSA) is 68.0 Å². The van der Waals surface area contributed by atoms with Crippen LogP contribution >= 0.6 is 11.6 Å². The summed E-state index contributed by atoms with van der Waals surface area (Å²) in [5.74, 6) is -0.978. The number of carboxylic acid groups (broad SMARTS) is 1. The Morgan fingerprint density at radius 2 is 2.04 bits per heavy atom. The zero-order chi connectivity index (χ0) is 16.6. The lowest BCUT2D eigenvalue weighted by Crippen LogP contribution is -2.00.